The van der Waals surface area contributed by atoms with Gasteiger partial charge in [-0.05, 0) is 55.3 Å². The van der Waals surface area contributed by atoms with Gasteiger partial charge in [0.25, 0.3) is 0 Å². The number of oxazole rings is 1. The number of likely N-dealkylation sites (N-methyl/N-ethyl adjacent to an activating group) is 1. The molecule has 0 spiro atoms. The molecule has 0 fully saturated rings. The molecule has 0 saturated carbocycles. The highest BCUT2D eigenvalue weighted by atomic mass is 35.5. The van der Waals surface area contributed by atoms with E-state index in [1.807, 2.05) is 26.0 Å². The Kier molecular flexibility index (Phi) is 4.47. The first kappa shape index (κ1) is 18.3. The first-order valence-electron chi connectivity index (χ1n) is 8.80. The molecule has 0 unspecified atom stereocenters. The Labute approximate surface area is 165 Å². The van der Waals surface area contributed by atoms with Crippen molar-refractivity contribution in [3.05, 3.63) is 62.9 Å². The maximum absolute atomic E-state index is 12.7. The molecule has 8 heteroatoms. The number of hydrogen-bond donors (Lipinski definition) is 1. The third-order valence-electron chi connectivity index (χ3n) is 4.88. The van der Waals surface area contributed by atoms with Crippen molar-refractivity contribution in [2.75, 3.05) is 7.05 Å². The Hall–Kier alpha value is -3.06. The van der Waals surface area contributed by atoms with Gasteiger partial charge in [0.1, 0.15) is 12.4 Å². The third kappa shape index (κ3) is 3.29. The largest absolute Gasteiger partial charge is 0.420 e. The molecule has 28 heavy (non-hydrogen) atoms. The van der Waals surface area contributed by atoms with Gasteiger partial charge in [0, 0.05) is 12.1 Å². The van der Waals surface area contributed by atoms with Gasteiger partial charge in [0.2, 0.25) is 5.91 Å². The van der Waals surface area contributed by atoms with Crippen LogP contribution >= 0.6 is 11.6 Å². The molecule has 0 radical (unpaired) electrons. The Bertz CT molecular complexity index is 1230. The molecule has 0 atom stereocenters. The molecule has 0 aliphatic heterocycles. The van der Waals surface area contributed by atoms with Crippen molar-refractivity contribution in [1.29, 1.82) is 0 Å². The molecule has 1 amide bonds. The van der Waals surface area contributed by atoms with Crippen molar-refractivity contribution in [2.24, 2.45) is 0 Å². The minimum Gasteiger partial charge on any atom is -0.408 e. The maximum atomic E-state index is 12.7. The number of aryl methyl sites for hydroxylation is 2. The van der Waals surface area contributed by atoms with E-state index in [1.54, 1.807) is 25.2 Å². The molecular formula is C20H19ClN4O3. The molecule has 7 nitrogen and oxygen atoms in total. The highest BCUT2D eigenvalue weighted by molar-refractivity contribution is 6.31. The summed E-state index contributed by atoms with van der Waals surface area (Å²) in [6.07, 6.45) is 0. The number of aromatic nitrogens is 3. The van der Waals surface area contributed by atoms with Crippen LogP contribution in [0.15, 0.2) is 39.5 Å². The molecule has 4 rings (SSSR count). The number of nitrogens with one attached hydrogen (secondary N) is 1. The van der Waals surface area contributed by atoms with Crippen LogP contribution < -0.4 is 5.76 Å². The number of carbonyl (C=O) groups is 1. The highest BCUT2D eigenvalue weighted by Crippen LogP contribution is 2.19. The van der Waals surface area contributed by atoms with Crippen LogP contribution in [0.25, 0.3) is 22.1 Å². The lowest BCUT2D eigenvalue weighted by atomic mass is 10.1. The zero-order valence-electron chi connectivity index (χ0n) is 15.7. The summed E-state index contributed by atoms with van der Waals surface area (Å²) in [5, 5.41) is 0.468. The minimum absolute atomic E-state index is 0.138. The molecule has 2 heterocycles. The molecule has 0 saturated heterocycles. The fraction of sp³-hybridized carbons (Fsp3) is 0.250. The Morgan fingerprint density at radius 2 is 2.00 bits per heavy atom. The van der Waals surface area contributed by atoms with Crippen LogP contribution in [0.1, 0.15) is 17.0 Å². The van der Waals surface area contributed by atoms with E-state index in [1.165, 1.54) is 20.6 Å². The van der Waals surface area contributed by atoms with Crippen molar-refractivity contribution in [1.82, 2.24) is 19.4 Å². The van der Waals surface area contributed by atoms with Crippen LogP contribution in [0.4, 0.5) is 0 Å². The normalized spacial score (nSPS) is 11.4. The fourth-order valence-corrected chi connectivity index (χ4v) is 3.32. The lowest BCUT2D eigenvalue weighted by molar-refractivity contribution is -0.131. The minimum atomic E-state index is -0.589. The van der Waals surface area contributed by atoms with Gasteiger partial charge in [-0.25, -0.2) is 9.78 Å². The zero-order chi connectivity index (χ0) is 20.0. The van der Waals surface area contributed by atoms with Gasteiger partial charge in [0.15, 0.2) is 5.58 Å². The smallest absolute Gasteiger partial charge is 0.408 e. The van der Waals surface area contributed by atoms with Crippen molar-refractivity contribution in [2.45, 2.75) is 26.9 Å². The number of halogens is 1. The van der Waals surface area contributed by atoms with Crippen molar-refractivity contribution >= 4 is 39.6 Å². The average Bonchev–Trinajstić information content (AvgIpc) is 3.15. The second-order valence-electron chi connectivity index (χ2n) is 6.95. The topological polar surface area (TPSA) is 84.1 Å². The number of nitrogens with zero attached hydrogens (tertiary/aromatic N) is 3. The summed E-state index contributed by atoms with van der Waals surface area (Å²) in [7, 11) is 1.67. The highest BCUT2D eigenvalue weighted by Gasteiger charge is 2.17. The third-order valence-corrected chi connectivity index (χ3v) is 5.12. The standard InChI is InChI=1S/C20H19ClN4O3/c1-11-6-14-15(7-12(11)2)23-18(22-14)9-24(3)19(26)10-25-16-8-13(21)4-5-17(16)28-20(25)27/h4-8H,9-10H2,1-3H3,(H,22,23). The summed E-state index contributed by atoms with van der Waals surface area (Å²) >= 11 is 6.00. The number of amides is 1. The van der Waals surface area contributed by atoms with Gasteiger partial charge in [-0.2, -0.15) is 0 Å². The summed E-state index contributed by atoms with van der Waals surface area (Å²) < 4.78 is 6.46. The molecule has 0 aliphatic rings. The number of hydrogen-bond acceptors (Lipinski definition) is 4. The van der Waals surface area contributed by atoms with Crippen LogP contribution in [-0.2, 0) is 17.9 Å². The SMILES string of the molecule is Cc1cc2nc(CN(C)C(=O)Cn3c(=O)oc4ccc(Cl)cc43)[nH]c2cc1C. The van der Waals surface area contributed by atoms with E-state index < -0.39 is 5.76 Å². The lowest BCUT2D eigenvalue weighted by Gasteiger charge is -2.15. The first-order chi connectivity index (χ1) is 13.3. The van der Waals surface area contributed by atoms with E-state index in [9.17, 15) is 9.59 Å². The maximum Gasteiger partial charge on any atom is 0.420 e. The number of aromatic amines is 1. The van der Waals surface area contributed by atoms with E-state index in [4.69, 9.17) is 16.0 Å². The predicted molar refractivity (Wildman–Crippen MR) is 108 cm³/mol. The molecular weight excluding hydrogens is 380 g/mol. The molecule has 1 N–H and O–H groups in total. The van der Waals surface area contributed by atoms with Gasteiger partial charge in [-0.15, -0.1) is 0 Å². The molecule has 0 aliphatic carbocycles. The van der Waals surface area contributed by atoms with Crippen LogP contribution in [0.3, 0.4) is 0 Å². The van der Waals surface area contributed by atoms with Crippen molar-refractivity contribution in [3.8, 4) is 0 Å². The summed E-state index contributed by atoms with van der Waals surface area (Å²) in [6, 6.07) is 8.93. The number of fused-ring (bicyclic) bond motifs is 2. The molecule has 0 bridgehead atoms. The quantitative estimate of drug-likeness (QED) is 0.571. The second kappa shape index (κ2) is 6.83. The fourth-order valence-electron chi connectivity index (χ4n) is 3.15. The summed E-state index contributed by atoms with van der Waals surface area (Å²) in [5.41, 5.74) is 5.04. The van der Waals surface area contributed by atoms with Crippen molar-refractivity contribution in [3.63, 3.8) is 0 Å². The van der Waals surface area contributed by atoms with Gasteiger partial charge >= 0.3 is 5.76 Å². The van der Waals surface area contributed by atoms with E-state index in [0.29, 0.717) is 28.5 Å². The molecule has 144 valence electrons. The van der Waals surface area contributed by atoms with Gasteiger partial charge in [0.05, 0.1) is 23.1 Å². The monoisotopic (exact) mass is 398 g/mol. The van der Waals surface area contributed by atoms with Crippen LogP contribution in [0.5, 0.6) is 0 Å². The van der Waals surface area contributed by atoms with Crippen LogP contribution in [0, 0.1) is 13.8 Å². The number of imidazole rings is 1. The number of H-pyrrole nitrogens is 1. The zero-order valence-corrected chi connectivity index (χ0v) is 16.5. The summed E-state index contributed by atoms with van der Waals surface area (Å²) in [6.45, 7) is 4.25. The van der Waals surface area contributed by atoms with Crippen molar-refractivity contribution < 1.29 is 9.21 Å². The van der Waals surface area contributed by atoms with E-state index in [0.717, 1.165) is 11.0 Å². The van der Waals surface area contributed by atoms with E-state index in [2.05, 4.69) is 9.97 Å². The van der Waals surface area contributed by atoms with Gasteiger partial charge in [-0.1, -0.05) is 11.6 Å². The molecule has 2 aromatic heterocycles. The van der Waals surface area contributed by atoms with E-state index >= 15 is 0 Å². The van der Waals surface area contributed by atoms with E-state index in [-0.39, 0.29) is 12.5 Å². The Balaban J connectivity index is 1.55. The second-order valence-corrected chi connectivity index (χ2v) is 7.39. The average molecular weight is 399 g/mol. The number of carbonyl (C=O) groups excluding carboxylic acids is 1. The van der Waals surface area contributed by atoms with Crippen LogP contribution in [-0.4, -0.2) is 32.4 Å². The summed E-state index contributed by atoms with van der Waals surface area (Å²) in [5.74, 6) is -0.144. The van der Waals surface area contributed by atoms with Crippen LogP contribution in [0.2, 0.25) is 5.02 Å². The number of rotatable bonds is 4. The van der Waals surface area contributed by atoms with Gasteiger partial charge < -0.3 is 14.3 Å². The first-order valence-corrected chi connectivity index (χ1v) is 9.18. The Morgan fingerprint density at radius 1 is 1.25 bits per heavy atom. The Morgan fingerprint density at radius 3 is 2.79 bits per heavy atom. The van der Waals surface area contributed by atoms with Gasteiger partial charge in [-0.3, -0.25) is 9.36 Å². The molecule has 2 aromatic carbocycles. The lowest BCUT2D eigenvalue weighted by Crippen LogP contribution is -2.32. The molecule has 4 aromatic rings. The predicted octanol–water partition coefficient (Wildman–Crippen LogP) is 3.40. The summed E-state index contributed by atoms with van der Waals surface area (Å²) in [4.78, 5) is 34.1. The number of benzene rings is 2.